The highest BCUT2D eigenvalue weighted by molar-refractivity contribution is 5.44. The third-order valence-corrected chi connectivity index (χ3v) is 4.86. The first-order chi connectivity index (χ1) is 11.3. The van der Waals surface area contributed by atoms with Gasteiger partial charge in [-0.25, -0.2) is 4.98 Å². The Hall–Kier alpha value is -1.57. The van der Waals surface area contributed by atoms with Crippen LogP contribution in [0.15, 0.2) is 6.07 Å². The van der Waals surface area contributed by atoms with Gasteiger partial charge in [-0.05, 0) is 19.3 Å². The normalized spacial score (nSPS) is 23.0. The van der Waals surface area contributed by atoms with Crippen LogP contribution in [0.2, 0.25) is 0 Å². The summed E-state index contributed by atoms with van der Waals surface area (Å²) in [6.07, 6.45) is 1.46. The van der Waals surface area contributed by atoms with Crippen LogP contribution in [0, 0.1) is 0 Å². The zero-order valence-electron chi connectivity index (χ0n) is 14.1. The van der Waals surface area contributed by atoms with Crippen molar-refractivity contribution < 1.29 is 13.2 Å². The second-order valence-corrected chi connectivity index (χ2v) is 6.89. The van der Waals surface area contributed by atoms with E-state index in [9.17, 15) is 13.2 Å². The van der Waals surface area contributed by atoms with Crippen LogP contribution in [0.1, 0.15) is 37.8 Å². The van der Waals surface area contributed by atoms with Crippen molar-refractivity contribution in [2.24, 2.45) is 0 Å². The molecular weight excluding hydrogens is 319 g/mol. The monoisotopic (exact) mass is 343 g/mol. The fourth-order valence-corrected chi connectivity index (χ4v) is 3.56. The molecule has 8 heteroatoms. The Morgan fingerprint density at radius 2 is 1.88 bits per heavy atom. The van der Waals surface area contributed by atoms with E-state index in [1.807, 2.05) is 0 Å². The molecule has 1 saturated carbocycles. The summed E-state index contributed by atoms with van der Waals surface area (Å²) in [5.41, 5.74) is -0.908. The molecule has 1 N–H and O–H groups in total. The Morgan fingerprint density at radius 3 is 2.50 bits per heavy atom. The predicted octanol–water partition coefficient (Wildman–Crippen LogP) is 2.99. The lowest BCUT2D eigenvalue weighted by Gasteiger charge is -2.23. The van der Waals surface area contributed by atoms with Gasteiger partial charge in [-0.1, -0.05) is 12.8 Å². The number of rotatable bonds is 4. The maximum absolute atomic E-state index is 13.0. The number of hydrogen-bond donors (Lipinski definition) is 1. The van der Waals surface area contributed by atoms with E-state index in [0.717, 1.165) is 25.6 Å². The first-order valence-corrected chi connectivity index (χ1v) is 8.47. The molecule has 1 aliphatic carbocycles. The summed E-state index contributed by atoms with van der Waals surface area (Å²) >= 11 is 0. The highest BCUT2D eigenvalue weighted by Crippen LogP contribution is 2.31. The van der Waals surface area contributed by atoms with Gasteiger partial charge in [0, 0.05) is 45.3 Å². The number of aromatic nitrogens is 2. The van der Waals surface area contributed by atoms with Crippen molar-refractivity contribution in [2.45, 2.75) is 50.4 Å². The molecule has 0 bridgehead atoms. The first-order valence-electron chi connectivity index (χ1n) is 8.47. The van der Waals surface area contributed by atoms with Crippen LogP contribution in [-0.2, 0) is 6.18 Å². The van der Waals surface area contributed by atoms with Gasteiger partial charge in [0.1, 0.15) is 5.82 Å². The Bertz CT molecular complexity index is 569. The van der Waals surface area contributed by atoms with Gasteiger partial charge in [-0.3, -0.25) is 4.90 Å². The number of nitrogens with one attached hydrogen (secondary N) is 1. The Morgan fingerprint density at radius 1 is 1.17 bits per heavy atom. The third-order valence-electron chi connectivity index (χ3n) is 4.86. The van der Waals surface area contributed by atoms with Gasteiger partial charge in [0.05, 0.1) is 0 Å². The van der Waals surface area contributed by atoms with Crippen molar-refractivity contribution in [3.05, 3.63) is 11.8 Å². The molecule has 0 radical (unpaired) electrons. The highest BCUT2D eigenvalue weighted by atomic mass is 19.4. The second kappa shape index (κ2) is 6.74. The highest BCUT2D eigenvalue weighted by Gasteiger charge is 2.35. The van der Waals surface area contributed by atoms with Gasteiger partial charge < -0.3 is 10.2 Å². The van der Waals surface area contributed by atoms with Gasteiger partial charge in [0.15, 0.2) is 5.69 Å². The fraction of sp³-hybridized carbons (Fsp3) is 0.750. The van der Waals surface area contributed by atoms with Gasteiger partial charge in [0.25, 0.3) is 0 Å². The molecule has 1 saturated heterocycles. The van der Waals surface area contributed by atoms with Crippen LogP contribution in [0.3, 0.4) is 0 Å². The number of halogens is 3. The summed E-state index contributed by atoms with van der Waals surface area (Å²) in [6.45, 7) is 1.84. The summed E-state index contributed by atoms with van der Waals surface area (Å²) in [5, 5.41) is 3.11. The number of anilines is 2. The summed E-state index contributed by atoms with van der Waals surface area (Å²) in [7, 11) is 3.34. The smallest absolute Gasteiger partial charge is 0.363 e. The SMILES string of the molecule is CN(C)c1cc(C(F)(F)F)nc(NC2CCN(C3CCCC3)C2)n1. The average Bonchev–Trinajstić information content (AvgIpc) is 3.16. The molecule has 1 unspecified atom stereocenters. The predicted molar refractivity (Wildman–Crippen MR) is 87.2 cm³/mol. The van der Waals surface area contributed by atoms with Gasteiger partial charge in [-0.15, -0.1) is 0 Å². The van der Waals surface area contributed by atoms with Crippen LogP contribution in [0.5, 0.6) is 0 Å². The van der Waals surface area contributed by atoms with E-state index in [0.29, 0.717) is 6.04 Å². The standard InChI is InChI=1S/C16H24F3N5/c1-23(2)14-9-13(16(17,18)19)21-15(22-14)20-11-7-8-24(10-11)12-5-3-4-6-12/h9,11-12H,3-8,10H2,1-2H3,(H,20,21,22). The molecule has 134 valence electrons. The molecule has 2 aliphatic rings. The Kier molecular flexibility index (Phi) is 4.85. The third kappa shape index (κ3) is 3.91. The van der Waals surface area contributed by atoms with Crippen LogP contribution in [-0.4, -0.2) is 54.1 Å². The summed E-state index contributed by atoms with van der Waals surface area (Å²) in [5.74, 6) is 0.317. The molecule has 0 amide bonds. The van der Waals surface area contributed by atoms with E-state index in [2.05, 4.69) is 20.2 Å². The molecule has 3 rings (SSSR count). The van der Waals surface area contributed by atoms with Crippen molar-refractivity contribution in [1.29, 1.82) is 0 Å². The lowest BCUT2D eigenvalue weighted by atomic mass is 10.2. The fourth-order valence-electron chi connectivity index (χ4n) is 3.56. The van der Waals surface area contributed by atoms with E-state index in [1.54, 1.807) is 19.0 Å². The van der Waals surface area contributed by atoms with E-state index >= 15 is 0 Å². The minimum atomic E-state index is -4.48. The zero-order valence-corrected chi connectivity index (χ0v) is 14.1. The molecule has 24 heavy (non-hydrogen) atoms. The molecule has 1 aromatic heterocycles. The minimum absolute atomic E-state index is 0.0618. The molecular formula is C16H24F3N5. The van der Waals surface area contributed by atoms with Crippen molar-refractivity contribution in [3.8, 4) is 0 Å². The Labute approximate surface area is 140 Å². The van der Waals surface area contributed by atoms with Gasteiger partial charge in [-0.2, -0.15) is 18.2 Å². The first kappa shape index (κ1) is 17.3. The van der Waals surface area contributed by atoms with Crippen LogP contribution in [0.25, 0.3) is 0 Å². The summed E-state index contributed by atoms with van der Waals surface area (Å²) in [4.78, 5) is 11.9. The van der Waals surface area contributed by atoms with E-state index < -0.39 is 11.9 Å². The minimum Gasteiger partial charge on any atom is -0.363 e. The molecule has 1 atom stereocenters. The van der Waals surface area contributed by atoms with Crippen molar-refractivity contribution in [3.63, 3.8) is 0 Å². The van der Waals surface area contributed by atoms with Gasteiger partial charge in [0.2, 0.25) is 5.95 Å². The van der Waals surface area contributed by atoms with E-state index in [4.69, 9.17) is 0 Å². The van der Waals surface area contributed by atoms with Crippen molar-refractivity contribution >= 4 is 11.8 Å². The summed E-state index contributed by atoms with van der Waals surface area (Å²) < 4.78 is 39.1. The van der Waals surface area contributed by atoms with Crippen molar-refractivity contribution in [2.75, 3.05) is 37.4 Å². The Balaban J connectivity index is 1.71. The average molecular weight is 343 g/mol. The van der Waals surface area contributed by atoms with Crippen molar-refractivity contribution in [1.82, 2.24) is 14.9 Å². The zero-order chi connectivity index (χ0) is 17.3. The molecule has 5 nitrogen and oxygen atoms in total. The topological polar surface area (TPSA) is 44.3 Å². The molecule has 0 aromatic carbocycles. The molecule has 2 fully saturated rings. The van der Waals surface area contributed by atoms with Crippen LogP contribution in [0.4, 0.5) is 24.9 Å². The maximum atomic E-state index is 13.0. The van der Waals surface area contributed by atoms with Crippen LogP contribution < -0.4 is 10.2 Å². The van der Waals surface area contributed by atoms with E-state index in [-0.39, 0.29) is 17.8 Å². The maximum Gasteiger partial charge on any atom is 0.433 e. The number of hydrogen-bond acceptors (Lipinski definition) is 5. The second-order valence-electron chi connectivity index (χ2n) is 6.89. The molecule has 1 aromatic rings. The number of nitrogens with zero attached hydrogens (tertiary/aromatic N) is 4. The van der Waals surface area contributed by atoms with E-state index in [1.165, 1.54) is 25.7 Å². The van der Waals surface area contributed by atoms with Gasteiger partial charge >= 0.3 is 6.18 Å². The summed E-state index contributed by atoms with van der Waals surface area (Å²) in [6, 6.07) is 1.71. The lowest BCUT2D eigenvalue weighted by Crippen LogP contribution is -2.33. The quantitative estimate of drug-likeness (QED) is 0.910. The molecule has 1 aliphatic heterocycles. The number of likely N-dealkylation sites (tertiary alicyclic amines) is 1. The molecule has 0 spiro atoms. The molecule has 2 heterocycles. The largest absolute Gasteiger partial charge is 0.433 e. The number of alkyl halides is 3. The lowest BCUT2D eigenvalue weighted by molar-refractivity contribution is -0.141. The van der Waals surface area contributed by atoms with Crippen LogP contribution >= 0.6 is 0 Å².